The molecule has 196 valence electrons. The van der Waals surface area contributed by atoms with E-state index in [0.29, 0.717) is 45.2 Å². The fourth-order valence-electron chi connectivity index (χ4n) is 3.42. The Morgan fingerprint density at radius 3 is 1.66 bits per heavy atom. The Kier molecular flexibility index (Phi) is 14.2. The lowest BCUT2D eigenvalue weighted by atomic mass is 10.0. The van der Waals surface area contributed by atoms with E-state index in [9.17, 15) is 24.3 Å². The average molecular weight is 493 g/mol. The van der Waals surface area contributed by atoms with Gasteiger partial charge < -0.3 is 38.3 Å². The molecular weight excluding hydrogens is 452 g/mol. The second-order valence-electron chi connectivity index (χ2n) is 8.57. The lowest BCUT2D eigenvalue weighted by molar-refractivity contribution is -0.142. The van der Waals surface area contributed by atoms with Crippen molar-refractivity contribution in [2.45, 2.75) is 76.0 Å². The maximum atomic E-state index is 13.0. The maximum Gasteiger partial charge on any atom is 0.326 e. The molecule has 0 aromatic heterocycles. The molecule has 0 aliphatic carbocycles. The first-order valence-corrected chi connectivity index (χ1v) is 12.0. The van der Waals surface area contributed by atoms with Gasteiger partial charge in [-0.3, -0.25) is 14.4 Å². The minimum atomic E-state index is -1.18. The minimum Gasteiger partial charge on any atom is -0.480 e. The van der Waals surface area contributed by atoms with Crippen LogP contribution in [0.3, 0.4) is 0 Å². The van der Waals surface area contributed by atoms with E-state index in [1.807, 2.05) is 6.07 Å². The molecule has 11 nitrogen and oxygen atoms in total. The summed E-state index contributed by atoms with van der Waals surface area (Å²) in [4.78, 5) is 50.0. The van der Waals surface area contributed by atoms with Crippen LogP contribution in [0.2, 0.25) is 0 Å². The molecule has 10 N–H and O–H groups in total. The number of benzene rings is 1. The van der Waals surface area contributed by atoms with Crippen molar-refractivity contribution in [3.63, 3.8) is 0 Å². The summed E-state index contributed by atoms with van der Waals surface area (Å²) in [6.45, 7) is 2.36. The van der Waals surface area contributed by atoms with E-state index in [2.05, 4.69) is 16.0 Å². The molecule has 1 aromatic carbocycles. The standard InChI is InChI=1S/C24H40N6O5/c1-16(27)21(31)28-18(11-5-7-13-25)22(32)29-19(12-6-8-14-26)23(33)30-20(24(34)35)15-17-9-3-2-4-10-17/h2-4,9-10,16,18-20H,5-8,11-15,25-27H2,1H3,(H,28,31)(H,29,32)(H,30,33)(H,34,35). The van der Waals surface area contributed by atoms with Gasteiger partial charge in [0.25, 0.3) is 0 Å². The molecule has 0 fully saturated rings. The first-order chi connectivity index (χ1) is 16.7. The van der Waals surface area contributed by atoms with Gasteiger partial charge in [-0.1, -0.05) is 30.3 Å². The Balaban J connectivity index is 2.96. The van der Waals surface area contributed by atoms with Crippen LogP contribution in [0.5, 0.6) is 0 Å². The molecular formula is C24H40N6O5. The number of amides is 3. The smallest absolute Gasteiger partial charge is 0.326 e. The van der Waals surface area contributed by atoms with E-state index in [1.165, 1.54) is 6.92 Å². The van der Waals surface area contributed by atoms with Crippen molar-refractivity contribution in [2.75, 3.05) is 13.1 Å². The van der Waals surface area contributed by atoms with Gasteiger partial charge in [0, 0.05) is 6.42 Å². The van der Waals surface area contributed by atoms with Gasteiger partial charge in [0.2, 0.25) is 17.7 Å². The topological polar surface area (TPSA) is 203 Å². The Bertz CT molecular complexity index is 805. The van der Waals surface area contributed by atoms with Crippen molar-refractivity contribution < 1.29 is 24.3 Å². The van der Waals surface area contributed by atoms with E-state index in [0.717, 1.165) is 5.56 Å². The molecule has 0 bridgehead atoms. The molecule has 4 atom stereocenters. The number of carbonyl (C=O) groups excluding carboxylic acids is 3. The van der Waals surface area contributed by atoms with Crippen molar-refractivity contribution in [1.82, 2.24) is 16.0 Å². The fraction of sp³-hybridized carbons (Fsp3) is 0.583. The van der Waals surface area contributed by atoms with Gasteiger partial charge >= 0.3 is 5.97 Å². The van der Waals surface area contributed by atoms with Crippen LogP contribution in [0.4, 0.5) is 0 Å². The third-order valence-electron chi connectivity index (χ3n) is 5.47. The summed E-state index contributed by atoms with van der Waals surface area (Å²) >= 11 is 0. The third kappa shape index (κ3) is 11.8. The number of hydrogen-bond acceptors (Lipinski definition) is 7. The fourth-order valence-corrected chi connectivity index (χ4v) is 3.42. The van der Waals surface area contributed by atoms with Crippen LogP contribution in [0.25, 0.3) is 0 Å². The maximum absolute atomic E-state index is 13.0. The molecule has 0 saturated carbocycles. The van der Waals surface area contributed by atoms with Crippen LogP contribution >= 0.6 is 0 Å². The lowest BCUT2D eigenvalue weighted by Crippen LogP contribution is -2.57. The van der Waals surface area contributed by atoms with Gasteiger partial charge in [-0.25, -0.2) is 4.79 Å². The second kappa shape index (κ2) is 16.6. The molecule has 1 aromatic rings. The number of carboxylic acids is 1. The predicted molar refractivity (Wildman–Crippen MR) is 133 cm³/mol. The molecule has 0 saturated heterocycles. The predicted octanol–water partition coefficient (Wildman–Crippen LogP) is -0.627. The van der Waals surface area contributed by atoms with Crippen molar-refractivity contribution >= 4 is 23.7 Å². The number of carboxylic acid groups (broad SMARTS) is 1. The molecule has 4 unspecified atom stereocenters. The largest absolute Gasteiger partial charge is 0.480 e. The van der Waals surface area contributed by atoms with Crippen LogP contribution < -0.4 is 33.2 Å². The number of nitrogens with two attached hydrogens (primary N) is 3. The molecule has 3 amide bonds. The minimum absolute atomic E-state index is 0.0948. The molecule has 35 heavy (non-hydrogen) atoms. The molecule has 0 heterocycles. The van der Waals surface area contributed by atoms with Crippen LogP contribution in [0, 0.1) is 0 Å². The summed E-state index contributed by atoms with van der Waals surface area (Å²) in [5.41, 5.74) is 17.5. The molecule has 1 rings (SSSR count). The van der Waals surface area contributed by atoms with Gasteiger partial charge in [0.05, 0.1) is 6.04 Å². The Labute approximate surface area is 206 Å². The number of nitrogens with one attached hydrogen (secondary N) is 3. The van der Waals surface area contributed by atoms with Gasteiger partial charge in [-0.05, 0) is 64.1 Å². The molecule has 0 spiro atoms. The van der Waals surface area contributed by atoms with Crippen molar-refractivity contribution in [3.8, 4) is 0 Å². The summed E-state index contributed by atoms with van der Waals surface area (Å²) < 4.78 is 0. The van der Waals surface area contributed by atoms with E-state index in [-0.39, 0.29) is 12.8 Å². The van der Waals surface area contributed by atoms with Gasteiger partial charge in [-0.2, -0.15) is 0 Å². The Hall–Kier alpha value is -3.02. The van der Waals surface area contributed by atoms with E-state index >= 15 is 0 Å². The van der Waals surface area contributed by atoms with E-state index < -0.39 is 47.9 Å². The first-order valence-electron chi connectivity index (χ1n) is 12.0. The zero-order valence-electron chi connectivity index (χ0n) is 20.4. The molecule has 0 radical (unpaired) electrons. The monoisotopic (exact) mass is 492 g/mol. The number of carbonyl (C=O) groups is 4. The highest BCUT2D eigenvalue weighted by Gasteiger charge is 2.29. The van der Waals surface area contributed by atoms with Crippen LogP contribution in [0.1, 0.15) is 51.0 Å². The lowest BCUT2D eigenvalue weighted by Gasteiger charge is -2.25. The highest BCUT2D eigenvalue weighted by Crippen LogP contribution is 2.08. The SMILES string of the molecule is CC(N)C(=O)NC(CCCCN)C(=O)NC(CCCCN)C(=O)NC(Cc1ccccc1)C(=O)O. The average Bonchev–Trinajstić information content (AvgIpc) is 2.82. The summed E-state index contributed by atoms with van der Waals surface area (Å²) in [6, 6.07) is 5.07. The Morgan fingerprint density at radius 2 is 1.23 bits per heavy atom. The number of rotatable bonds is 17. The summed E-state index contributed by atoms with van der Waals surface area (Å²) in [6.07, 6.45) is 3.13. The quantitative estimate of drug-likeness (QED) is 0.139. The van der Waals surface area contributed by atoms with Crippen molar-refractivity contribution in [1.29, 1.82) is 0 Å². The van der Waals surface area contributed by atoms with E-state index in [1.54, 1.807) is 24.3 Å². The Morgan fingerprint density at radius 1 is 0.771 bits per heavy atom. The second-order valence-corrected chi connectivity index (χ2v) is 8.57. The van der Waals surface area contributed by atoms with Gasteiger partial charge in [0.1, 0.15) is 18.1 Å². The van der Waals surface area contributed by atoms with Crippen LogP contribution in [-0.4, -0.2) is 66.1 Å². The molecule has 0 aliphatic heterocycles. The van der Waals surface area contributed by atoms with Crippen LogP contribution in [0.15, 0.2) is 30.3 Å². The number of unbranched alkanes of at least 4 members (excludes halogenated alkanes) is 2. The zero-order valence-corrected chi connectivity index (χ0v) is 20.4. The zero-order chi connectivity index (χ0) is 26.2. The summed E-state index contributed by atoms with van der Waals surface area (Å²) in [5.74, 6) is -2.83. The van der Waals surface area contributed by atoms with E-state index in [4.69, 9.17) is 17.2 Å². The highest BCUT2D eigenvalue weighted by atomic mass is 16.4. The number of aliphatic carboxylic acids is 1. The first kappa shape index (κ1) is 30.0. The number of hydrogen-bond donors (Lipinski definition) is 7. The third-order valence-corrected chi connectivity index (χ3v) is 5.47. The van der Waals surface area contributed by atoms with Crippen molar-refractivity contribution in [3.05, 3.63) is 35.9 Å². The van der Waals surface area contributed by atoms with Crippen LogP contribution in [-0.2, 0) is 25.6 Å². The normalized spacial score (nSPS) is 14.3. The molecule has 11 heteroatoms. The molecule has 0 aliphatic rings. The summed E-state index contributed by atoms with van der Waals surface area (Å²) in [5, 5.41) is 17.5. The highest BCUT2D eigenvalue weighted by molar-refractivity contribution is 5.94. The van der Waals surface area contributed by atoms with Gasteiger partial charge in [-0.15, -0.1) is 0 Å². The van der Waals surface area contributed by atoms with Crippen molar-refractivity contribution in [2.24, 2.45) is 17.2 Å². The van der Waals surface area contributed by atoms with Gasteiger partial charge in [0.15, 0.2) is 0 Å². The summed E-state index contributed by atoms with van der Waals surface area (Å²) in [7, 11) is 0.